The second-order valence-electron chi connectivity index (χ2n) is 5.01. The minimum absolute atomic E-state index is 0.181. The van der Waals surface area contributed by atoms with Gasteiger partial charge in [0, 0.05) is 23.7 Å². The maximum Gasteiger partial charge on any atom is 0.151 e. The molecule has 70 valence electrons. The Hall–Kier alpha value is -0.920. The van der Waals surface area contributed by atoms with E-state index in [1.165, 1.54) is 5.57 Å². The van der Waals surface area contributed by atoms with Gasteiger partial charge in [0.25, 0.3) is 0 Å². The first-order valence-electron chi connectivity index (χ1n) is 4.75. The Bertz CT molecular complexity index is 330. The van der Waals surface area contributed by atoms with E-state index in [0.29, 0.717) is 0 Å². The standard InChI is InChI=1S/C11H16N2/c1-10(2)7-13-9-8(5-6-12-9)11(10,3)4/h5-6H,7H2,1-4H3. The molecule has 2 aliphatic rings. The van der Waals surface area contributed by atoms with Gasteiger partial charge in [-0.25, -0.2) is 4.99 Å². The highest BCUT2D eigenvalue weighted by Crippen LogP contribution is 2.48. The van der Waals surface area contributed by atoms with Gasteiger partial charge in [0.05, 0.1) is 0 Å². The molecule has 0 unspecified atom stereocenters. The smallest absolute Gasteiger partial charge is 0.151 e. The number of hydrogen-bond acceptors (Lipinski definition) is 2. The van der Waals surface area contributed by atoms with Crippen molar-refractivity contribution in [3.63, 3.8) is 0 Å². The van der Waals surface area contributed by atoms with Crippen LogP contribution in [0.4, 0.5) is 0 Å². The Kier molecular flexibility index (Phi) is 1.54. The lowest BCUT2D eigenvalue weighted by atomic mass is 9.62. The van der Waals surface area contributed by atoms with Crippen LogP contribution in [-0.4, -0.2) is 18.6 Å². The highest BCUT2D eigenvalue weighted by atomic mass is 15.0. The van der Waals surface area contributed by atoms with Crippen LogP contribution >= 0.6 is 0 Å². The highest BCUT2D eigenvalue weighted by molar-refractivity contribution is 6.12. The van der Waals surface area contributed by atoms with E-state index in [9.17, 15) is 0 Å². The largest absolute Gasteiger partial charge is 0.266 e. The van der Waals surface area contributed by atoms with Crippen molar-refractivity contribution in [2.75, 3.05) is 6.54 Å². The molecular weight excluding hydrogens is 160 g/mol. The third kappa shape index (κ3) is 1.01. The fraction of sp³-hybridized carbons (Fsp3) is 0.636. The van der Waals surface area contributed by atoms with Crippen molar-refractivity contribution in [1.82, 2.24) is 0 Å². The van der Waals surface area contributed by atoms with Gasteiger partial charge in [-0.15, -0.1) is 0 Å². The summed E-state index contributed by atoms with van der Waals surface area (Å²) in [5.41, 5.74) is 1.71. The summed E-state index contributed by atoms with van der Waals surface area (Å²) >= 11 is 0. The number of amidine groups is 1. The van der Waals surface area contributed by atoms with E-state index in [2.05, 4.69) is 43.8 Å². The summed E-state index contributed by atoms with van der Waals surface area (Å²) in [6, 6.07) is 0. The molecule has 0 saturated carbocycles. The van der Waals surface area contributed by atoms with Crippen molar-refractivity contribution in [2.45, 2.75) is 27.7 Å². The van der Waals surface area contributed by atoms with Gasteiger partial charge in [-0.1, -0.05) is 27.7 Å². The van der Waals surface area contributed by atoms with Crippen molar-refractivity contribution in [2.24, 2.45) is 20.8 Å². The molecule has 0 bridgehead atoms. The van der Waals surface area contributed by atoms with Gasteiger partial charge in [0.1, 0.15) is 0 Å². The zero-order chi connectivity index (χ0) is 9.69. The molecule has 2 rings (SSSR count). The predicted molar refractivity (Wildman–Crippen MR) is 56.4 cm³/mol. The topological polar surface area (TPSA) is 24.7 Å². The summed E-state index contributed by atoms with van der Waals surface area (Å²) in [4.78, 5) is 8.74. The minimum Gasteiger partial charge on any atom is -0.266 e. The quantitative estimate of drug-likeness (QED) is 0.541. The van der Waals surface area contributed by atoms with E-state index in [1.54, 1.807) is 0 Å². The first kappa shape index (κ1) is 8.67. The van der Waals surface area contributed by atoms with Crippen LogP contribution in [0, 0.1) is 10.8 Å². The van der Waals surface area contributed by atoms with Crippen molar-refractivity contribution >= 4 is 12.1 Å². The molecule has 2 heterocycles. The first-order valence-corrected chi connectivity index (χ1v) is 4.75. The van der Waals surface area contributed by atoms with Crippen LogP contribution in [0.5, 0.6) is 0 Å². The molecule has 0 aromatic heterocycles. The van der Waals surface area contributed by atoms with Crippen molar-refractivity contribution in [3.05, 3.63) is 11.6 Å². The van der Waals surface area contributed by atoms with Crippen LogP contribution in [-0.2, 0) is 0 Å². The van der Waals surface area contributed by atoms with Crippen LogP contribution < -0.4 is 0 Å². The zero-order valence-electron chi connectivity index (χ0n) is 8.76. The van der Waals surface area contributed by atoms with Crippen LogP contribution in [0.25, 0.3) is 0 Å². The summed E-state index contributed by atoms with van der Waals surface area (Å²) in [6.07, 6.45) is 3.96. The summed E-state index contributed by atoms with van der Waals surface area (Å²) in [5.74, 6) is 0.948. The number of hydrogen-bond donors (Lipinski definition) is 0. The first-order chi connectivity index (χ1) is 5.95. The molecule has 0 aromatic carbocycles. The van der Waals surface area contributed by atoms with Crippen LogP contribution in [0.2, 0.25) is 0 Å². The fourth-order valence-corrected chi connectivity index (χ4v) is 1.78. The predicted octanol–water partition coefficient (Wildman–Crippen LogP) is 2.46. The van der Waals surface area contributed by atoms with Crippen LogP contribution in [0.3, 0.4) is 0 Å². The zero-order valence-corrected chi connectivity index (χ0v) is 8.76. The average Bonchev–Trinajstić information content (AvgIpc) is 2.46. The van der Waals surface area contributed by atoms with Crippen molar-refractivity contribution < 1.29 is 0 Å². The van der Waals surface area contributed by atoms with Gasteiger partial charge in [-0.3, -0.25) is 4.99 Å². The second-order valence-corrected chi connectivity index (χ2v) is 5.01. The highest BCUT2D eigenvalue weighted by Gasteiger charge is 2.44. The molecular formula is C11H16N2. The lowest BCUT2D eigenvalue weighted by molar-refractivity contribution is 0.162. The Morgan fingerprint density at radius 2 is 1.92 bits per heavy atom. The number of nitrogens with zero attached hydrogens (tertiary/aromatic N) is 2. The second kappa shape index (κ2) is 2.31. The molecule has 0 aromatic rings. The number of allylic oxidation sites excluding steroid dienone is 1. The maximum atomic E-state index is 4.49. The molecule has 0 saturated heterocycles. The maximum absolute atomic E-state index is 4.49. The molecule has 0 radical (unpaired) electrons. The molecule has 0 atom stereocenters. The van der Waals surface area contributed by atoms with Gasteiger partial charge in [0.2, 0.25) is 0 Å². The van der Waals surface area contributed by atoms with Gasteiger partial charge in [0.15, 0.2) is 5.84 Å². The van der Waals surface area contributed by atoms with Gasteiger partial charge in [-0.2, -0.15) is 0 Å². The summed E-state index contributed by atoms with van der Waals surface area (Å²) in [5, 5.41) is 0. The molecule has 2 heteroatoms. The van der Waals surface area contributed by atoms with Crippen LogP contribution in [0.15, 0.2) is 21.6 Å². The molecule has 0 N–H and O–H groups in total. The molecule has 2 nitrogen and oxygen atoms in total. The average molecular weight is 176 g/mol. The van der Waals surface area contributed by atoms with Gasteiger partial charge < -0.3 is 0 Å². The lowest BCUT2D eigenvalue weighted by Gasteiger charge is -2.44. The molecule has 0 aliphatic carbocycles. The Balaban J connectivity index is 2.52. The van der Waals surface area contributed by atoms with Crippen molar-refractivity contribution in [3.8, 4) is 0 Å². The molecule has 2 aliphatic heterocycles. The molecule has 0 fully saturated rings. The Labute approximate surface area is 79.5 Å². The van der Waals surface area contributed by atoms with E-state index in [1.807, 2.05) is 6.21 Å². The number of fused-ring (bicyclic) bond motifs is 1. The van der Waals surface area contributed by atoms with E-state index in [0.717, 1.165) is 12.4 Å². The van der Waals surface area contributed by atoms with Crippen LogP contribution in [0.1, 0.15) is 27.7 Å². The van der Waals surface area contributed by atoms with E-state index < -0.39 is 0 Å². The Morgan fingerprint density at radius 3 is 2.62 bits per heavy atom. The SMILES string of the molecule is CC1(C)CN=C2N=CC=C2C1(C)C. The summed E-state index contributed by atoms with van der Waals surface area (Å²) in [6.45, 7) is 9.98. The summed E-state index contributed by atoms with van der Waals surface area (Å²) < 4.78 is 0. The molecule has 0 spiro atoms. The minimum atomic E-state index is 0.181. The van der Waals surface area contributed by atoms with Gasteiger partial charge in [-0.05, 0) is 11.5 Å². The monoisotopic (exact) mass is 176 g/mol. The molecule has 0 amide bonds. The third-order valence-corrected chi connectivity index (χ3v) is 3.67. The fourth-order valence-electron chi connectivity index (χ4n) is 1.78. The van der Waals surface area contributed by atoms with E-state index in [-0.39, 0.29) is 10.8 Å². The number of aliphatic imine (C=N–C) groups is 2. The third-order valence-electron chi connectivity index (χ3n) is 3.67. The summed E-state index contributed by atoms with van der Waals surface area (Å²) in [7, 11) is 0. The van der Waals surface area contributed by atoms with Crippen molar-refractivity contribution in [1.29, 1.82) is 0 Å². The Morgan fingerprint density at radius 1 is 1.23 bits per heavy atom. The lowest BCUT2D eigenvalue weighted by Crippen LogP contribution is -2.41. The van der Waals surface area contributed by atoms with E-state index in [4.69, 9.17) is 0 Å². The van der Waals surface area contributed by atoms with Gasteiger partial charge >= 0.3 is 0 Å². The van der Waals surface area contributed by atoms with E-state index >= 15 is 0 Å². The molecule has 13 heavy (non-hydrogen) atoms. The normalized spacial score (nSPS) is 28.0. The number of rotatable bonds is 0.